The number of likely N-dealkylation sites (N-methyl/N-ethyl adjacent to an activating group) is 1. The van der Waals surface area contributed by atoms with Gasteiger partial charge in [0, 0.05) is 26.9 Å². The number of ether oxygens (including phenoxy) is 3. The van der Waals surface area contributed by atoms with E-state index < -0.39 is 0 Å². The molecule has 0 aromatic heterocycles. The Morgan fingerprint density at radius 2 is 1.03 bits per heavy atom. The van der Waals surface area contributed by atoms with E-state index in [1.807, 2.05) is 25.8 Å². The van der Waals surface area contributed by atoms with Crippen LogP contribution in [0.25, 0.3) is 0 Å². The summed E-state index contributed by atoms with van der Waals surface area (Å²) in [5.41, 5.74) is 0. The predicted molar refractivity (Wildman–Crippen MR) is 145 cm³/mol. The van der Waals surface area contributed by atoms with Gasteiger partial charge in [-0.2, -0.15) is 6.42 Å². The van der Waals surface area contributed by atoms with Crippen LogP contribution < -0.4 is 0 Å². The second-order valence-corrected chi connectivity index (χ2v) is 3.32. The van der Waals surface area contributed by atoms with Crippen molar-refractivity contribution in [2.24, 2.45) is 0 Å². The Balaban J connectivity index is -0.00000000833. The van der Waals surface area contributed by atoms with E-state index in [0.29, 0.717) is 6.61 Å². The van der Waals surface area contributed by atoms with Gasteiger partial charge in [-0.25, -0.2) is 0 Å². The fraction of sp³-hybridized carbons (Fsp3) is 0.875. The molecule has 4 nitrogen and oxygen atoms in total. The molecule has 0 bridgehead atoms. The van der Waals surface area contributed by atoms with Crippen LogP contribution in [-0.4, -0.2) is 58.6 Å². The van der Waals surface area contributed by atoms with E-state index >= 15 is 0 Å². The quantitative estimate of drug-likeness (QED) is 0.241. The smallest absolute Gasteiger partial charge is 0.460 e. The molecule has 0 saturated carbocycles. The molecule has 0 saturated heterocycles. The van der Waals surface area contributed by atoms with Crippen LogP contribution in [0.5, 0.6) is 0 Å². The van der Waals surface area contributed by atoms with Gasteiger partial charge in [0.2, 0.25) is 0 Å². The summed E-state index contributed by atoms with van der Waals surface area (Å²) in [6.07, 6.45) is 0.872. The fourth-order valence-corrected chi connectivity index (χ4v) is 0.653. The first-order chi connectivity index (χ1) is 8.60. The Bertz CT molecular complexity index is 110. The minimum atomic E-state index is 0. The fourth-order valence-electron chi connectivity index (χ4n) is 0.653. The molecule has 5 heteroatoms. The average molecular weight is 512 g/mol. The van der Waals surface area contributed by atoms with Crippen LogP contribution in [0, 0.1) is 20.9 Å². The summed E-state index contributed by atoms with van der Waals surface area (Å²) in [5, 5.41) is 0. The van der Waals surface area contributed by atoms with E-state index in [0.717, 1.165) is 39.4 Å². The second-order valence-electron chi connectivity index (χ2n) is 3.32. The number of hydrogen-bond donors (Lipinski definition) is 0. The van der Waals surface area contributed by atoms with Gasteiger partial charge in [0.05, 0.1) is 6.61 Å². The molecular formula is C24H72NO3Y. The molecule has 0 aromatic carbocycles. The van der Waals surface area contributed by atoms with Gasteiger partial charge in [-0.1, -0.05) is 80.9 Å². The summed E-state index contributed by atoms with van der Waals surface area (Å²) in [7, 11) is 7.26. The summed E-state index contributed by atoms with van der Waals surface area (Å²) < 4.78 is 14.4. The van der Waals surface area contributed by atoms with Gasteiger partial charge >= 0.3 is 32.7 Å². The third-order valence-corrected chi connectivity index (χ3v) is 1.52. The van der Waals surface area contributed by atoms with E-state index in [1.54, 1.807) is 7.11 Å². The molecule has 0 heterocycles. The molecule has 0 aliphatic heterocycles. The minimum Gasteiger partial charge on any atom is -0.460 e. The Hall–Kier alpha value is 0.944. The van der Waals surface area contributed by atoms with Crippen molar-refractivity contribution in [3.05, 3.63) is 20.9 Å². The molecule has 0 aliphatic rings. The summed E-state index contributed by atoms with van der Waals surface area (Å²) in [6.45, 7) is 15.6. The first-order valence-corrected chi connectivity index (χ1v) is 6.35. The molecule has 0 unspecified atom stereocenters. The summed E-state index contributed by atoms with van der Waals surface area (Å²) in [4.78, 5) is 1.86. The zero-order chi connectivity index (χ0) is 14.6. The maximum atomic E-state index is 5.06. The molecule has 0 aromatic rings. The largest absolute Gasteiger partial charge is 3.00 e. The molecule has 0 rings (SSSR count). The van der Waals surface area contributed by atoms with E-state index in [-0.39, 0.29) is 107 Å². The molecule has 29 heavy (non-hydrogen) atoms. The number of rotatable bonds is 8. The Morgan fingerprint density at radius 1 is 0.690 bits per heavy atom. The van der Waals surface area contributed by atoms with Crippen LogP contribution in [-0.2, 0) is 46.9 Å². The van der Waals surface area contributed by atoms with Crippen molar-refractivity contribution >= 4 is 0 Å². The molecule has 0 atom stereocenters. The molecule has 0 radical (unpaired) electrons. The number of hydrogen-bond acceptors (Lipinski definition) is 4. The minimum absolute atomic E-state index is 0. The van der Waals surface area contributed by atoms with Crippen LogP contribution in [0.1, 0.15) is 94.5 Å². The van der Waals surface area contributed by atoms with Gasteiger partial charge in [-0.05, 0) is 27.4 Å². The van der Waals surface area contributed by atoms with Gasteiger partial charge in [0.15, 0.2) is 0 Å². The summed E-state index contributed by atoms with van der Waals surface area (Å²) in [5.74, 6) is 0. The van der Waals surface area contributed by atoms with E-state index in [4.69, 9.17) is 9.47 Å². The van der Waals surface area contributed by atoms with E-state index in [2.05, 4.69) is 25.6 Å². The molecule has 0 fully saturated rings. The maximum absolute atomic E-state index is 5.06. The van der Waals surface area contributed by atoms with Crippen molar-refractivity contribution in [2.75, 3.05) is 53.7 Å². The van der Waals surface area contributed by atoms with Gasteiger partial charge in [-0.15, -0.1) is 0 Å². The van der Waals surface area contributed by atoms with E-state index in [9.17, 15) is 0 Å². The second kappa shape index (κ2) is 116. The van der Waals surface area contributed by atoms with Crippen molar-refractivity contribution in [3.63, 3.8) is 0 Å². The first kappa shape index (κ1) is 98.7. The Morgan fingerprint density at radius 3 is 1.14 bits per heavy atom. The van der Waals surface area contributed by atoms with Crippen LogP contribution in [0.3, 0.4) is 0 Å². The summed E-state index contributed by atoms with van der Waals surface area (Å²) >= 11 is 0. The number of nitrogens with zero attached hydrogens (tertiary/aromatic N) is 1. The van der Waals surface area contributed by atoms with Crippen molar-refractivity contribution in [1.29, 1.82) is 0 Å². The van der Waals surface area contributed by atoms with Crippen LogP contribution in [0.2, 0.25) is 0 Å². The molecule has 0 spiro atoms. The van der Waals surface area contributed by atoms with Gasteiger partial charge < -0.3 is 33.0 Å². The predicted octanol–water partition coefficient (Wildman–Crippen LogP) is 8.82. The van der Waals surface area contributed by atoms with Gasteiger partial charge in [0.1, 0.15) is 0 Å². The Labute approximate surface area is 220 Å². The van der Waals surface area contributed by atoms with Crippen LogP contribution in [0.4, 0.5) is 0 Å². The standard InChI is InChI=1S/C6H14NO.2C4H9O.10CH4.Y/c1-4-8-6-5-7(2)3;1-3-4-5-2;1-3-5-4-2;;;;;;;;;;;/h2,4-6H2,1,3H3;2*1,3-4H2,2H3;10*1H4;/q3*-1;;;;;;;;;;;+3. The van der Waals surface area contributed by atoms with Gasteiger partial charge in [-0.3, -0.25) is 7.05 Å². The number of methoxy groups -OCH3 is 1. The van der Waals surface area contributed by atoms with Crippen LogP contribution >= 0.6 is 0 Å². The van der Waals surface area contributed by atoms with Crippen LogP contribution in [0.15, 0.2) is 0 Å². The van der Waals surface area contributed by atoms with Crippen molar-refractivity contribution in [1.82, 2.24) is 4.90 Å². The molecule has 0 aliphatic carbocycles. The van der Waals surface area contributed by atoms with Crippen molar-refractivity contribution in [3.8, 4) is 0 Å². The molecule has 194 valence electrons. The first-order valence-electron chi connectivity index (χ1n) is 6.35. The molecular weight excluding hydrogens is 439 g/mol. The summed E-state index contributed by atoms with van der Waals surface area (Å²) in [6, 6.07) is 0. The zero-order valence-electron chi connectivity index (χ0n) is 13.3. The average Bonchev–Trinajstić information content (AvgIpc) is 2.33. The zero-order valence-corrected chi connectivity index (χ0v) is 16.2. The normalized spacial score (nSPS) is 5.79. The molecule has 0 amide bonds. The molecule has 0 N–H and O–H groups in total. The maximum Gasteiger partial charge on any atom is 3.00 e. The third-order valence-electron chi connectivity index (χ3n) is 1.52. The Kier molecular flexibility index (Phi) is 396. The SMILES string of the molecule is C.C.C.C.C.C.C.C.C.C.[CH2-]CCOC.[CH2-]COCC.[CH2-]N(C)CCOCC.[Y+3]. The van der Waals surface area contributed by atoms with Gasteiger partial charge in [0.25, 0.3) is 0 Å². The third kappa shape index (κ3) is 213. The van der Waals surface area contributed by atoms with Crippen molar-refractivity contribution in [2.45, 2.75) is 94.5 Å². The topological polar surface area (TPSA) is 30.9 Å². The van der Waals surface area contributed by atoms with E-state index in [1.165, 1.54) is 0 Å². The van der Waals surface area contributed by atoms with Crippen molar-refractivity contribution < 1.29 is 46.9 Å². The monoisotopic (exact) mass is 511 g/mol.